The Balaban J connectivity index is 1.78. The zero-order valence-electron chi connectivity index (χ0n) is 11.5. The van der Waals surface area contributed by atoms with Crippen molar-refractivity contribution in [1.82, 2.24) is 9.55 Å². The van der Waals surface area contributed by atoms with Gasteiger partial charge in [-0.25, -0.2) is 4.98 Å². The summed E-state index contributed by atoms with van der Waals surface area (Å²) in [6.45, 7) is 1.33. The maximum Gasteiger partial charge on any atom is 0.175 e. The van der Waals surface area contributed by atoms with Gasteiger partial charge in [-0.3, -0.25) is 0 Å². The summed E-state index contributed by atoms with van der Waals surface area (Å²) in [4.78, 5) is 4.48. The highest BCUT2D eigenvalue weighted by Gasteiger charge is 2.27. The summed E-state index contributed by atoms with van der Waals surface area (Å²) in [7, 11) is 0. The summed E-state index contributed by atoms with van der Waals surface area (Å²) < 4.78 is 14.4. The van der Waals surface area contributed by atoms with Gasteiger partial charge in [-0.2, -0.15) is 0 Å². The monoisotopic (exact) mass is 349 g/mol. The minimum atomic E-state index is 0.523. The van der Waals surface area contributed by atoms with Crippen molar-refractivity contribution in [3.8, 4) is 22.8 Å². The van der Waals surface area contributed by atoms with Gasteiger partial charge in [-0.1, -0.05) is 0 Å². The Bertz CT molecular complexity index is 694. The molecule has 4 rings (SSSR count). The summed E-state index contributed by atoms with van der Waals surface area (Å²) in [6, 6.07) is 4.47. The van der Waals surface area contributed by atoms with Gasteiger partial charge in [0.2, 0.25) is 0 Å². The minimum Gasteiger partial charge on any atom is -0.489 e. The van der Waals surface area contributed by atoms with Crippen LogP contribution in [0.25, 0.3) is 11.3 Å². The normalized spacial score (nSPS) is 17.6. The summed E-state index contributed by atoms with van der Waals surface area (Å²) in [5, 5.41) is 0. The molecule has 0 bridgehead atoms. The molecule has 1 fully saturated rings. The predicted molar refractivity (Wildman–Crippen MR) is 83.7 cm³/mol. The summed E-state index contributed by atoms with van der Waals surface area (Å²) in [5.41, 5.74) is 8.00. The molecule has 0 saturated heterocycles. The molecule has 0 atom stereocenters. The second kappa shape index (κ2) is 4.94. The molecule has 1 aliphatic carbocycles. The van der Waals surface area contributed by atoms with Crippen molar-refractivity contribution >= 4 is 21.7 Å². The van der Waals surface area contributed by atoms with E-state index >= 15 is 0 Å². The molecule has 0 radical (unpaired) electrons. The molecule has 0 amide bonds. The molecule has 2 heterocycles. The van der Waals surface area contributed by atoms with Crippen molar-refractivity contribution in [1.29, 1.82) is 0 Å². The Hall–Kier alpha value is -1.69. The van der Waals surface area contributed by atoms with Crippen molar-refractivity contribution in [2.24, 2.45) is 0 Å². The largest absolute Gasteiger partial charge is 0.489 e. The lowest BCUT2D eigenvalue weighted by molar-refractivity contribution is 0.296. The first kappa shape index (κ1) is 13.0. The number of benzene rings is 1. The zero-order valence-corrected chi connectivity index (χ0v) is 13.1. The first-order valence-electron chi connectivity index (χ1n) is 7.16. The van der Waals surface area contributed by atoms with Gasteiger partial charge in [-0.05, 0) is 40.9 Å². The van der Waals surface area contributed by atoms with Crippen molar-refractivity contribution in [3.63, 3.8) is 0 Å². The van der Waals surface area contributed by atoms with Gasteiger partial charge in [0.15, 0.2) is 11.5 Å². The highest BCUT2D eigenvalue weighted by Crippen LogP contribution is 2.43. The van der Waals surface area contributed by atoms with E-state index in [-0.39, 0.29) is 0 Å². The van der Waals surface area contributed by atoms with Crippen LogP contribution in [0.2, 0.25) is 0 Å². The molecular formula is C15H16BrN3O2. The number of ether oxygens (including phenoxy) is 2. The molecule has 2 N–H and O–H groups in total. The SMILES string of the molecule is Nc1c(-c2cc(Br)c3c(c2)OCCCO3)ncn1C1CC1. The molecule has 2 aliphatic rings. The number of rotatable bonds is 2. The second-order valence-corrected chi connectivity index (χ2v) is 6.31. The van der Waals surface area contributed by atoms with E-state index in [1.54, 1.807) is 0 Å². The maximum atomic E-state index is 6.25. The molecule has 6 heteroatoms. The van der Waals surface area contributed by atoms with Gasteiger partial charge in [0.1, 0.15) is 11.5 Å². The molecule has 1 aromatic heterocycles. The summed E-state index contributed by atoms with van der Waals surface area (Å²) in [6.07, 6.45) is 5.09. The van der Waals surface area contributed by atoms with Gasteiger partial charge >= 0.3 is 0 Å². The molecule has 5 nitrogen and oxygen atoms in total. The van der Waals surface area contributed by atoms with E-state index in [2.05, 4.69) is 25.5 Å². The van der Waals surface area contributed by atoms with E-state index in [0.29, 0.717) is 19.3 Å². The molecule has 0 unspecified atom stereocenters. The fourth-order valence-corrected chi connectivity index (χ4v) is 3.16. The third-order valence-corrected chi connectivity index (χ3v) is 4.44. The van der Waals surface area contributed by atoms with Crippen LogP contribution in [0.5, 0.6) is 11.5 Å². The highest BCUT2D eigenvalue weighted by atomic mass is 79.9. The fourth-order valence-electron chi connectivity index (χ4n) is 2.60. The lowest BCUT2D eigenvalue weighted by Gasteiger charge is -2.11. The fraction of sp³-hybridized carbons (Fsp3) is 0.400. The van der Waals surface area contributed by atoms with Crippen LogP contribution in [0.15, 0.2) is 22.9 Å². The van der Waals surface area contributed by atoms with Crippen molar-refractivity contribution in [3.05, 3.63) is 22.9 Å². The quantitative estimate of drug-likeness (QED) is 0.902. The number of nitrogens with zero attached hydrogens (tertiary/aromatic N) is 2. The Morgan fingerprint density at radius 3 is 2.86 bits per heavy atom. The smallest absolute Gasteiger partial charge is 0.175 e. The lowest BCUT2D eigenvalue weighted by Crippen LogP contribution is -2.00. The van der Waals surface area contributed by atoms with Gasteiger partial charge < -0.3 is 19.8 Å². The van der Waals surface area contributed by atoms with E-state index in [4.69, 9.17) is 15.2 Å². The first-order chi connectivity index (χ1) is 10.2. The molecule has 21 heavy (non-hydrogen) atoms. The molecule has 110 valence electrons. The van der Waals surface area contributed by atoms with Gasteiger partial charge in [0.05, 0.1) is 24.0 Å². The van der Waals surface area contributed by atoms with Crippen molar-refractivity contribution in [2.45, 2.75) is 25.3 Å². The molecular weight excluding hydrogens is 334 g/mol. The number of hydrogen-bond acceptors (Lipinski definition) is 4. The van der Waals surface area contributed by atoms with E-state index < -0.39 is 0 Å². The van der Waals surface area contributed by atoms with Crippen LogP contribution >= 0.6 is 15.9 Å². The Kier molecular flexibility index (Phi) is 3.06. The third-order valence-electron chi connectivity index (χ3n) is 3.85. The minimum absolute atomic E-state index is 0.523. The average Bonchev–Trinajstić information content (AvgIpc) is 3.26. The molecule has 1 aromatic carbocycles. The average molecular weight is 350 g/mol. The lowest BCUT2D eigenvalue weighted by atomic mass is 10.1. The van der Waals surface area contributed by atoms with Crippen LogP contribution in [-0.2, 0) is 0 Å². The molecule has 2 aromatic rings. The summed E-state index contributed by atoms with van der Waals surface area (Å²) >= 11 is 3.56. The molecule has 1 aliphatic heterocycles. The van der Waals surface area contributed by atoms with Crippen LogP contribution in [0.1, 0.15) is 25.3 Å². The Morgan fingerprint density at radius 2 is 2.05 bits per heavy atom. The van der Waals surface area contributed by atoms with Crippen LogP contribution < -0.4 is 15.2 Å². The number of halogens is 1. The zero-order chi connectivity index (χ0) is 14.4. The van der Waals surface area contributed by atoms with E-state index in [1.807, 2.05) is 18.5 Å². The standard InChI is InChI=1S/C15H16BrN3O2/c16-11-6-9(7-12-14(11)21-5-1-4-20-12)13-15(17)19(8-18-13)10-2-3-10/h6-8,10H,1-5,17H2. The number of hydrogen-bond donors (Lipinski definition) is 1. The van der Waals surface area contributed by atoms with Gasteiger partial charge in [0, 0.05) is 18.0 Å². The van der Waals surface area contributed by atoms with Crippen LogP contribution in [0, 0.1) is 0 Å². The number of nitrogens with two attached hydrogens (primary N) is 1. The second-order valence-electron chi connectivity index (χ2n) is 5.45. The number of anilines is 1. The topological polar surface area (TPSA) is 62.3 Å². The molecule has 1 saturated carbocycles. The maximum absolute atomic E-state index is 6.25. The Morgan fingerprint density at radius 1 is 1.24 bits per heavy atom. The van der Waals surface area contributed by atoms with E-state index in [1.165, 1.54) is 12.8 Å². The van der Waals surface area contributed by atoms with Gasteiger partial charge in [-0.15, -0.1) is 0 Å². The van der Waals surface area contributed by atoms with Gasteiger partial charge in [0.25, 0.3) is 0 Å². The van der Waals surface area contributed by atoms with E-state index in [0.717, 1.165) is 39.5 Å². The van der Waals surface area contributed by atoms with Crippen LogP contribution in [0.3, 0.4) is 0 Å². The highest BCUT2D eigenvalue weighted by molar-refractivity contribution is 9.10. The summed E-state index contributed by atoms with van der Waals surface area (Å²) in [5.74, 6) is 2.23. The number of imidazole rings is 1. The number of aromatic nitrogens is 2. The predicted octanol–water partition coefficient (Wildman–Crippen LogP) is 3.39. The van der Waals surface area contributed by atoms with Crippen LogP contribution in [0.4, 0.5) is 5.82 Å². The van der Waals surface area contributed by atoms with Crippen LogP contribution in [-0.4, -0.2) is 22.8 Å². The Labute approximate surface area is 131 Å². The third kappa shape index (κ3) is 2.27. The number of fused-ring (bicyclic) bond motifs is 1. The van der Waals surface area contributed by atoms with Crippen molar-refractivity contribution in [2.75, 3.05) is 18.9 Å². The number of nitrogen functional groups attached to an aromatic ring is 1. The molecule has 0 spiro atoms. The van der Waals surface area contributed by atoms with E-state index in [9.17, 15) is 0 Å². The van der Waals surface area contributed by atoms with Crippen molar-refractivity contribution < 1.29 is 9.47 Å². The first-order valence-corrected chi connectivity index (χ1v) is 7.95.